The summed E-state index contributed by atoms with van der Waals surface area (Å²) in [7, 11) is 3.68. The summed E-state index contributed by atoms with van der Waals surface area (Å²) in [6.45, 7) is 1.39. The van der Waals surface area contributed by atoms with Crippen LogP contribution >= 0.6 is 0 Å². The van der Waals surface area contributed by atoms with Crippen LogP contribution in [-0.2, 0) is 4.74 Å². The Hall–Kier alpha value is -1.23. The molecule has 0 radical (unpaired) electrons. The van der Waals surface area contributed by atoms with Gasteiger partial charge in [-0.2, -0.15) is 26.3 Å². The number of ether oxygens (including phenoxy) is 1. The maximum absolute atomic E-state index is 12.4. The van der Waals surface area contributed by atoms with Crippen LogP contribution in [0.25, 0.3) is 0 Å². The van der Waals surface area contributed by atoms with Gasteiger partial charge in [-0.05, 0) is 11.8 Å². The number of alkyl halides is 6. The molecule has 0 N–H and O–H groups in total. The Morgan fingerprint density at radius 2 is 1.43 bits per heavy atom. The molecule has 2 aliphatic rings. The average Bonchev–Trinajstić information content (AvgIpc) is 2.90. The van der Waals surface area contributed by atoms with Crippen LogP contribution in [0.3, 0.4) is 0 Å². The molecule has 0 aromatic heterocycles. The average molecular weight is 349 g/mol. The van der Waals surface area contributed by atoms with Crippen molar-refractivity contribution < 1.29 is 35.9 Å². The minimum atomic E-state index is -5.69. The van der Waals surface area contributed by atoms with Crippen molar-refractivity contribution in [2.75, 3.05) is 40.3 Å². The lowest BCUT2D eigenvalue weighted by molar-refractivity contribution is -0.308. The molecule has 2 rings (SSSR count). The number of carbonyl (C=O) groups is 1. The van der Waals surface area contributed by atoms with Gasteiger partial charge in [-0.3, -0.25) is 0 Å². The zero-order chi connectivity index (χ0) is 17.6. The van der Waals surface area contributed by atoms with Gasteiger partial charge in [0.2, 0.25) is 0 Å². The Balaban J connectivity index is 1.96. The number of hydrazine groups is 1. The van der Waals surface area contributed by atoms with Gasteiger partial charge in [0.1, 0.15) is 0 Å². The van der Waals surface area contributed by atoms with E-state index in [2.05, 4.69) is 4.74 Å². The SMILES string of the molecule is CN(C)N1CC2CN(C(=O)OC(C(F)(F)F)C(F)(F)F)CC2C1. The second-order valence-electron chi connectivity index (χ2n) is 5.99. The fourth-order valence-corrected chi connectivity index (χ4v) is 2.94. The van der Waals surface area contributed by atoms with E-state index in [4.69, 9.17) is 0 Å². The van der Waals surface area contributed by atoms with Gasteiger partial charge in [-0.25, -0.2) is 14.8 Å². The lowest BCUT2D eigenvalue weighted by Gasteiger charge is -2.28. The first kappa shape index (κ1) is 18.1. The summed E-state index contributed by atoms with van der Waals surface area (Å²) in [4.78, 5) is 12.6. The van der Waals surface area contributed by atoms with Gasteiger partial charge >= 0.3 is 18.4 Å². The van der Waals surface area contributed by atoms with Crippen molar-refractivity contribution in [1.82, 2.24) is 14.9 Å². The topological polar surface area (TPSA) is 36.0 Å². The number of amides is 1. The van der Waals surface area contributed by atoms with Gasteiger partial charge in [0.25, 0.3) is 6.10 Å². The number of nitrogens with zero attached hydrogens (tertiary/aromatic N) is 3. The van der Waals surface area contributed by atoms with Crippen molar-refractivity contribution in [3.8, 4) is 0 Å². The number of carbonyl (C=O) groups excluding carboxylic acids is 1. The number of hydrogen-bond donors (Lipinski definition) is 0. The molecule has 5 nitrogen and oxygen atoms in total. The highest BCUT2D eigenvalue weighted by Gasteiger charge is 2.60. The number of likely N-dealkylation sites (tertiary alicyclic amines) is 1. The molecule has 2 fully saturated rings. The van der Waals surface area contributed by atoms with Crippen LogP contribution in [0.1, 0.15) is 0 Å². The summed E-state index contributed by atoms with van der Waals surface area (Å²) in [6.07, 6.45) is -17.0. The van der Waals surface area contributed by atoms with E-state index in [0.717, 1.165) is 4.90 Å². The van der Waals surface area contributed by atoms with Gasteiger partial charge in [-0.1, -0.05) is 0 Å². The Bertz CT molecular complexity index is 425. The Kier molecular flexibility index (Phi) is 4.73. The second kappa shape index (κ2) is 6.00. The maximum atomic E-state index is 12.4. The normalized spacial score (nSPS) is 26.3. The van der Waals surface area contributed by atoms with Crippen LogP contribution in [-0.4, -0.2) is 79.7 Å². The zero-order valence-corrected chi connectivity index (χ0v) is 12.5. The molecular formula is C12H17F6N3O2. The van der Waals surface area contributed by atoms with E-state index >= 15 is 0 Å². The third kappa shape index (κ3) is 4.00. The van der Waals surface area contributed by atoms with Gasteiger partial charge in [-0.15, -0.1) is 0 Å². The summed E-state index contributed by atoms with van der Waals surface area (Å²) in [6, 6.07) is 0. The van der Waals surface area contributed by atoms with E-state index < -0.39 is 24.5 Å². The lowest BCUT2D eigenvalue weighted by atomic mass is 10.0. The monoisotopic (exact) mass is 349 g/mol. The molecule has 0 saturated carbocycles. The molecule has 0 bridgehead atoms. The third-order valence-electron chi connectivity index (χ3n) is 4.10. The lowest BCUT2D eigenvalue weighted by Crippen LogP contribution is -2.48. The van der Waals surface area contributed by atoms with Crippen molar-refractivity contribution in [2.45, 2.75) is 18.5 Å². The predicted octanol–water partition coefficient (Wildman–Crippen LogP) is 1.96. The molecule has 0 aromatic carbocycles. The van der Waals surface area contributed by atoms with Gasteiger partial charge in [0, 0.05) is 40.3 Å². The Morgan fingerprint density at radius 3 is 1.78 bits per heavy atom. The van der Waals surface area contributed by atoms with Gasteiger partial charge in [0.15, 0.2) is 0 Å². The minimum absolute atomic E-state index is 0.0140. The summed E-state index contributed by atoms with van der Waals surface area (Å²) >= 11 is 0. The van der Waals surface area contributed by atoms with Crippen molar-refractivity contribution >= 4 is 6.09 Å². The predicted molar refractivity (Wildman–Crippen MR) is 66.2 cm³/mol. The number of rotatable bonds is 2. The summed E-state index contributed by atoms with van der Waals surface area (Å²) in [5, 5.41) is 3.87. The van der Waals surface area contributed by atoms with Gasteiger partial charge < -0.3 is 9.64 Å². The number of fused-ring (bicyclic) bond motifs is 1. The molecule has 2 unspecified atom stereocenters. The second-order valence-corrected chi connectivity index (χ2v) is 5.99. The summed E-state index contributed by atoms with van der Waals surface area (Å²) in [5.74, 6) is 0.0281. The van der Waals surface area contributed by atoms with E-state index in [1.165, 1.54) is 0 Å². The first-order chi connectivity index (χ1) is 10.4. The van der Waals surface area contributed by atoms with Crippen LogP contribution in [0, 0.1) is 11.8 Å². The number of hydrogen-bond acceptors (Lipinski definition) is 4. The highest BCUT2D eigenvalue weighted by Crippen LogP contribution is 2.37. The highest BCUT2D eigenvalue weighted by molar-refractivity contribution is 5.68. The van der Waals surface area contributed by atoms with Crippen molar-refractivity contribution in [3.63, 3.8) is 0 Å². The van der Waals surface area contributed by atoms with Crippen LogP contribution in [0.15, 0.2) is 0 Å². The molecule has 2 saturated heterocycles. The van der Waals surface area contributed by atoms with E-state index in [1.54, 1.807) is 0 Å². The van der Waals surface area contributed by atoms with Crippen LogP contribution < -0.4 is 0 Å². The van der Waals surface area contributed by atoms with E-state index in [0.29, 0.717) is 13.1 Å². The Morgan fingerprint density at radius 1 is 1.00 bits per heavy atom. The molecule has 0 aliphatic carbocycles. The molecule has 0 aromatic rings. The minimum Gasteiger partial charge on any atom is -0.426 e. The molecule has 2 heterocycles. The quantitative estimate of drug-likeness (QED) is 0.714. The van der Waals surface area contributed by atoms with Crippen molar-refractivity contribution in [3.05, 3.63) is 0 Å². The van der Waals surface area contributed by atoms with Crippen LogP contribution in [0.4, 0.5) is 31.1 Å². The number of halogens is 6. The first-order valence-corrected chi connectivity index (χ1v) is 6.90. The first-order valence-electron chi connectivity index (χ1n) is 6.90. The fraction of sp³-hybridized carbons (Fsp3) is 0.917. The molecular weight excluding hydrogens is 332 g/mol. The standard InChI is InChI=1S/C12H17F6N3O2/c1-19(2)21-5-7-3-20(4-8(7)6-21)10(22)23-9(11(13,14)15)12(16,17)18/h7-9H,3-6H2,1-2H3. The molecule has 1 amide bonds. The van der Waals surface area contributed by atoms with Crippen molar-refractivity contribution in [2.24, 2.45) is 11.8 Å². The molecule has 11 heteroatoms. The molecule has 0 spiro atoms. The summed E-state index contributed by atoms with van der Waals surface area (Å²) in [5.41, 5.74) is 0. The smallest absolute Gasteiger partial charge is 0.426 e. The molecule has 23 heavy (non-hydrogen) atoms. The van der Waals surface area contributed by atoms with Crippen molar-refractivity contribution in [1.29, 1.82) is 0 Å². The van der Waals surface area contributed by atoms with E-state index in [1.807, 2.05) is 24.1 Å². The molecule has 2 atom stereocenters. The van der Waals surface area contributed by atoms with Crippen LogP contribution in [0.2, 0.25) is 0 Å². The fourth-order valence-electron chi connectivity index (χ4n) is 2.94. The Labute approximate surface area is 128 Å². The van der Waals surface area contributed by atoms with Crippen LogP contribution in [0.5, 0.6) is 0 Å². The van der Waals surface area contributed by atoms with E-state index in [-0.39, 0.29) is 24.9 Å². The highest BCUT2D eigenvalue weighted by atomic mass is 19.4. The van der Waals surface area contributed by atoms with Gasteiger partial charge in [0.05, 0.1) is 0 Å². The largest absolute Gasteiger partial charge is 0.434 e. The molecule has 2 aliphatic heterocycles. The summed E-state index contributed by atoms with van der Waals surface area (Å²) < 4.78 is 78.2. The van der Waals surface area contributed by atoms with E-state index in [9.17, 15) is 31.1 Å². The third-order valence-corrected chi connectivity index (χ3v) is 4.10. The zero-order valence-electron chi connectivity index (χ0n) is 12.5. The maximum Gasteiger partial charge on any atom is 0.434 e. The molecule has 134 valence electrons.